The average molecular weight is 382 g/mol. The van der Waals surface area contributed by atoms with Gasteiger partial charge in [-0.15, -0.1) is 0 Å². The third kappa shape index (κ3) is 2.65. The zero-order valence-electron chi connectivity index (χ0n) is 15.5. The van der Waals surface area contributed by atoms with Crippen LogP contribution in [0, 0.1) is 29.0 Å². The number of amides is 2. The number of benzene rings is 1. The van der Waals surface area contributed by atoms with Crippen molar-refractivity contribution in [1.82, 2.24) is 5.32 Å². The zero-order chi connectivity index (χ0) is 19.5. The smallest absolute Gasteiger partial charge is 0.287 e. The highest BCUT2D eigenvalue weighted by molar-refractivity contribution is 5.92. The van der Waals surface area contributed by atoms with Crippen molar-refractivity contribution in [2.45, 2.75) is 38.1 Å². The molecule has 4 saturated carbocycles. The molecular weight excluding hydrogens is 359 g/mol. The summed E-state index contributed by atoms with van der Waals surface area (Å²) in [6.07, 6.45) is 4.50. The molecule has 1 heterocycles. The lowest BCUT2D eigenvalue weighted by Crippen LogP contribution is -2.62. The second-order valence-electron chi connectivity index (χ2n) is 8.76. The van der Waals surface area contributed by atoms with Crippen LogP contribution in [-0.2, 0) is 4.79 Å². The monoisotopic (exact) mass is 382 g/mol. The first-order valence-corrected chi connectivity index (χ1v) is 9.91. The molecule has 4 aliphatic carbocycles. The number of hydrogen-bond acceptors (Lipinski definition) is 3. The first-order valence-electron chi connectivity index (χ1n) is 9.91. The Bertz CT molecular complexity index is 937. The number of halogens is 1. The summed E-state index contributed by atoms with van der Waals surface area (Å²) >= 11 is 0. The van der Waals surface area contributed by atoms with Crippen LogP contribution in [0.3, 0.4) is 0 Å². The van der Waals surface area contributed by atoms with Crippen molar-refractivity contribution in [3.05, 3.63) is 48.0 Å². The van der Waals surface area contributed by atoms with Gasteiger partial charge in [-0.3, -0.25) is 9.59 Å². The standard InChI is InChI=1S/C22H23FN2O3/c23-16-4-2-1-3-15(16)17-5-6-18(28-17)20(26)25-19-13-7-12-8-14(19)11-22(9-12,10-13)21(24)27/h1-6,12-14,19H,7-11H2,(H2,24,27)(H,25,26)/t12?,13?,14?,19-,22-. The summed E-state index contributed by atoms with van der Waals surface area (Å²) in [4.78, 5) is 24.8. The summed E-state index contributed by atoms with van der Waals surface area (Å²) in [6.45, 7) is 0. The highest BCUT2D eigenvalue weighted by Crippen LogP contribution is 2.59. The van der Waals surface area contributed by atoms with Gasteiger partial charge in [-0.25, -0.2) is 4.39 Å². The van der Waals surface area contributed by atoms with Crippen LogP contribution >= 0.6 is 0 Å². The lowest BCUT2D eigenvalue weighted by molar-refractivity contribution is -0.145. The lowest BCUT2D eigenvalue weighted by Gasteiger charge is -2.58. The van der Waals surface area contributed by atoms with E-state index in [1.165, 1.54) is 6.07 Å². The number of nitrogens with two attached hydrogens (primary N) is 1. The number of furan rings is 1. The van der Waals surface area contributed by atoms with E-state index in [1.54, 1.807) is 30.3 Å². The molecule has 146 valence electrons. The van der Waals surface area contributed by atoms with E-state index < -0.39 is 0 Å². The molecule has 0 radical (unpaired) electrons. The molecule has 6 rings (SSSR count). The SMILES string of the molecule is NC(=O)[C@]12CC3CC(C1)[C@@H](NC(=O)c1ccc(-c4ccccc4F)o1)C(C3)C2. The van der Waals surface area contributed by atoms with Gasteiger partial charge in [-0.05, 0) is 74.1 Å². The van der Waals surface area contributed by atoms with Gasteiger partial charge < -0.3 is 15.5 Å². The van der Waals surface area contributed by atoms with Crippen molar-refractivity contribution < 1.29 is 18.4 Å². The molecule has 5 nitrogen and oxygen atoms in total. The third-order valence-electron chi connectivity index (χ3n) is 7.06. The van der Waals surface area contributed by atoms with E-state index in [2.05, 4.69) is 5.32 Å². The highest BCUT2D eigenvalue weighted by atomic mass is 19.1. The Morgan fingerprint density at radius 2 is 1.79 bits per heavy atom. The molecule has 2 amide bonds. The van der Waals surface area contributed by atoms with Crippen molar-refractivity contribution >= 4 is 11.8 Å². The normalized spacial score (nSPS) is 33.0. The molecule has 1 aromatic carbocycles. The maximum Gasteiger partial charge on any atom is 0.287 e. The number of rotatable bonds is 4. The van der Waals surface area contributed by atoms with Gasteiger partial charge in [0.1, 0.15) is 11.6 Å². The van der Waals surface area contributed by atoms with E-state index in [4.69, 9.17) is 10.2 Å². The number of carbonyl (C=O) groups is 2. The van der Waals surface area contributed by atoms with E-state index in [-0.39, 0.29) is 46.7 Å². The Morgan fingerprint density at radius 1 is 1.07 bits per heavy atom. The van der Waals surface area contributed by atoms with Crippen molar-refractivity contribution in [1.29, 1.82) is 0 Å². The van der Waals surface area contributed by atoms with E-state index in [1.807, 2.05) is 0 Å². The summed E-state index contributed by atoms with van der Waals surface area (Å²) in [7, 11) is 0. The Morgan fingerprint density at radius 3 is 2.46 bits per heavy atom. The Labute approximate surface area is 162 Å². The molecule has 4 bridgehead atoms. The number of carbonyl (C=O) groups excluding carboxylic acids is 2. The van der Waals surface area contributed by atoms with Gasteiger partial charge in [-0.1, -0.05) is 12.1 Å². The largest absolute Gasteiger partial charge is 0.451 e. The molecule has 6 heteroatoms. The minimum Gasteiger partial charge on any atom is -0.451 e. The van der Waals surface area contributed by atoms with Gasteiger partial charge in [-0.2, -0.15) is 0 Å². The van der Waals surface area contributed by atoms with Crippen LogP contribution in [0.4, 0.5) is 4.39 Å². The summed E-state index contributed by atoms with van der Waals surface area (Å²) in [5, 5.41) is 3.14. The molecule has 1 aromatic heterocycles. The Kier molecular flexibility index (Phi) is 3.86. The fourth-order valence-electron chi connectivity index (χ4n) is 6.05. The van der Waals surface area contributed by atoms with Crippen LogP contribution in [0.1, 0.15) is 42.7 Å². The summed E-state index contributed by atoms with van der Waals surface area (Å²) < 4.78 is 19.6. The first-order chi connectivity index (χ1) is 13.4. The molecule has 2 atom stereocenters. The molecule has 2 unspecified atom stereocenters. The van der Waals surface area contributed by atoms with Gasteiger partial charge >= 0.3 is 0 Å². The maximum atomic E-state index is 14.0. The fraction of sp³-hybridized carbons (Fsp3) is 0.455. The molecule has 2 aromatic rings. The number of hydrogen-bond donors (Lipinski definition) is 2. The van der Waals surface area contributed by atoms with E-state index in [9.17, 15) is 14.0 Å². The van der Waals surface area contributed by atoms with Crippen LogP contribution in [0.25, 0.3) is 11.3 Å². The van der Waals surface area contributed by atoms with E-state index >= 15 is 0 Å². The Hall–Kier alpha value is -2.63. The summed E-state index contributed by atoms with van der Waals surface area (Å²) in [5.74, 6) is 0.756. The fourth-order valence-corrected chi connectivity index (χ4v) is 6.05. The first kappa shape index (κ1) is 17.5. The highest BCUT2D eigenvalue weighted by Gasteiger charge is 2.58. The third-order valence-corrected chi connectivity index (χ3v) is 7.06. The van der Waals surface area contributed by atoms with Gasteiger partial charge in [0.25, 0.3) is 5.91 Å². The molecule has 0 spiro atoms. The second-order valence-corrected chi connectivity index (χ2v) is 8.76. The van der Waals surface area contributed by atoms with E-state index in [0.717, 1.165) is 32.1 Å². The second kappa shape index (κ2) is 6.19. The average Bonchev–Trinajstić information content (AvgIpc) is 3.14. The molecule has 0 saturated heterocycles. The molecule has 0 aliphatic heterocycles. The summed E-state index contributed by atoms with van der Waals surface area (Å²) in [6, 6.07) is 9.56. The minimum absolute atomic E-state index is 0.0403. The molecular formula is C22H23FN2O3. The molecule has 28 heavy (non-hydrogen) atoms. The maximum absolute atomic E-state index is 14.0. The van der Waals surface area contributed by atoms with Crippen molar-refractivity contribution in [2.75, 3.05) is 0 Å². The number of nitrogens with one attached hydrogen (secondary N) is 1. The Balaban J connectivity index is 1.33. The minimum atomic E-state index is -0.387. The zero-order valence-corrected chi connectivity index (χ0v) is 15.5. The van der Waals surface area contributed by atoms with Gasteiger partial charge in [0.15, 0.2) is 5.76 Å². The van der Waals surface area contributed by atoms with Crippen molar-refractivity contribution in [3.8, 4) is 11.3 Å². The van der Waals surface area contributed by atoms with Gasteiger partial charge in [0.05, 0.1) is 5.56 Å². The van der Waals surface area contributed by atoms with Gasteiger partial charge in [0, 0.05) is 11.5 Å². The van der Waals surface area contributed by atoms with Crippen LogP contribution < -0.4 is 11.1 Å². The molecule has 4 aliphatic rings. The predicted octanol–water partition coefficient (Wildman–Crippen LogP) is 3.50. The molecule has 3 N–H and O–H groups in total. The van der Waals surface area contributed by atoms with Gasteiger partial charge in [0.2, 0.25) is 5.91 Å². The van der Waals surface area contributed by atoms with E-state index in [0.29, 0.717) is 17.2 Å². The van der Waals surface area contributed by atoms with Crippen LogP contribution in [0.5, 0.6) is 0 Å². The van der Waals surface area contributed by atoms with Crippen molar-refractivity contribution in [2.24, 2.45) is 28.9 Å². The van der Waals surface area contributed by atoms with Crippen molar-refractivity contribution in [3.63, 3.8) is 0 Å². The van der Waals surface area contributed by atoms with Crippen LogP contribution in [0.2, 0.25) is 0 Å². The predicted molar refractivity (Wildman–Crippen MR) is 101 cm³/mol. The van der Waals surface area contributed by atoms with Crippen LogP contribution in [0.15, 0.2) is 40.8 Å². The van der Waals surface area contributed by atoms with Crippen LogP contribution in [-0.4, -0.2) is 17.9 Å². The topological polar surface area (TPSA) is 85.3 Å². The number of primary amides is 1. The molecule has 4 fully saturated rings. The quantitative estimate of drug-likeness (QED) is 0.849. The summed E-state index contributed by atoms with van der Waals surface area (Å²) in [5.41, 5.74) is 5.69. The lowest BCUT2D eigenvalue weighted by atomic mass is 9.47.